The summed E-state index contributed by atoms with van der Waals surface area (Å²) in [6.45, 7) is 2.27. The predicted octanol–water partition coefficient (Wildman–Crippen LogP) is 3.79. The van der Waals surface area contributed by atoms with Gasteiger partial charge in [0.2, 0.25) is 0 Å². The van der Waals surface area contributed by atoms with Crippen LogP contribution in [-0.4, -0.2) is 6.61 Å². The fourth-order valence-electron chi connectivity index (χ4n) is 0.963. The number of hydrogen-bond acceptors (Lipinski definition) is 1. The smallest absolute Gasteiger partial charge is 0.265 e. The van der Waals surface area contributed by atoms with Crippen molar-refractivity contribution in [2.45, 2.75) is 13.3 Å². The molecule has 0 spiro atoms. The second-order valence-electron chi connectivity index (χ2n) is 2.39. The summed E-state index contributed by atoms with van der Waals surface area (Å²) in [5.74, 6) is 0.459. The number of rotatable bonds is 3. The van der Waals surface area contributed by atoms with E-state index in [4.69, 9.17) is 4.74 Å². The summed E-state index contributed by atoms with van der Waals surface area (Å²) in [5.41, 5.74) is -0.0362. The number of hydrogen-bond donors (Lipinski definition) is 0. The van der Waals surface area contributed by atoms with Crippen LogP contribution in [0, 0.1) is 0 Å². The maximum atomic E-state index is 12.4. The molecule has 0 aliphatic heterocycles. The van der Waals surface area contributed by atoms with Crippen LogP contribution in [0.25, 0.3) is 0 Å². The van der Waals surface area contributed by atoms with Crippen LogP contribution in [0.3, 0.4) is 0 Å². The van der Waals surface area contributed by atoms with Crippen molar-refractivity contribution in [1.82, 2.24) is 0 Å². The van der Waals surface area contributed by atoms with Gasteiger partial charge < -0.3 is 4.74 Å². The summed E-state index contributed by atoms with van der Waals surface area (Å²) in [5, 5.41) is 0. The van der Waals surface area contributed by atoms with Crippen LogP contribution in [-0.2, 0) is 0 Å². The topological polar surface area (TPSA) is 9.23 Å². The van der Waals surface area contributed by atoms with Crippen molar-refractivity contribution in [3.05, 3.63) is 28.2 Å². The van der Waals surface area contributed by atoms with Gasteiger partial charge in [-0.1, -0.05) is 12.1 Å². The van der Waals surface area contributed by atoms with Gasteiger partial charge in [-0.3, -0.25) is 0 Å². The van der Waals surface area contributed by atoms with Crippen LogP contribution in [0.5, 0.6) is 5.75 Å². The zero-order chi connectivity index (χ0) is 9.84. The standard InChI is InChI=1S/C9H9BrF2O/c1-2-13-7-5-3-4-6(8(7)10)9(11)12/h3-5,9H,2H2,1H3. The molecule has 72 valence electrons. The lowest BCUT2D eigenvalue weighted by Crippen LogP contribution is -1.95. The van der Waals surface area contributed by atoms with E-state index < -0.39 is 6.43 Å². The van der Waals surface area contributed by atoms with Crippen LogP contribution in [0.4, 0.5) is 8.78 Å². The summed E-state index contributed by atoms with van der Waals surface area (Å²) < 4.78 is 30.2. The molecule has 0 N–H and O–H groups in total. The first-order valence-electron chi connectivity index (χ1n) is 3.86. The normalized spacial score (nSPS) is 10.5. The maximum Gasteiger partial charge on any atom is 0.265 e. The average molecular weight is 251 g/mol. The van der Waals surface area contributed by atoms with Gasteiger partial charge in [0.1, 0.15) is 5.75 Å². The SMILES string of the molecule is CCOc1cccc(C(F)F)c1Br. The third-order valence-corrected chi connectivity index (χ3v) is 2.38. The lowest BCUT2D eigenvalue weighted by atomic mass is 10.2. The molecule has 0 heterocycles. The number of alkyl halides is 2. The first-order chi connectivity index (χ1) is 6.16. The molecule has 1 aromatic carbocycles. The minimum atomic E-state index is -2.48. The molecule has 0 amide bonds. The van der Waals surface area contributed by atoms with Gasteiger partial charge in [-0.2, -0.15) is 0 Å². The van der Waals surface area contributed by atoms with E-state index in [9.17, 15) is 8.78 Å². The van der Waals surface area contributed by atoms with Crippen molar-refractivity contribution in [3.8, 4) is 5.75 Å². The first-order valence-corrected chi connectivity index (χ1v) is 4.65. The van der Waals surface area contributed by atoms with Crippen LogP contribution >= 0.6 is 15.9 Å². The highest BCUT2D eigenvalue weighted by molar-refractivity contribution is 9.10. The summed E-state index contributed by atoms with van der Waals surface area (Å²) in [4.78, 5) is 0. The van der Waals surface area contributed by atoms with E-state index in [1.54, 1.807) is 12.1 Å². The Balaban J connectivity index is 3.03. The zero-order valence-electron chi connectivity index (χ0n) is 7.06. The van der Waals surface area contributed by atoms with Crippen molar-refractivity contribution >= 4 is 15.9 Å². The fraction of sp³-hybridized carbons (Fsp3) is 0.333. The van der Waals surface area contributed by atoms with E-state index in [1.807, 2.05) is 6.92 Å². The monoisotopic (exact) mass is 250 g/mol. The van der Waals surface area contributed by atoms with E-state index in [1.165, 1.54) is 6.07 Å². The van der Waals surface area contributed by atoms with Crippen molar-refractivity contribution in [2.75, 3.05) is 6.61 Å². The lowest BCUT2D eigenvalue weighted by molar-refractivity contribution is 0.150. The Hall–Kier alpha value is -0.640. The third kappa shape index (κ3) is 2.40. The van der Waals surface area contributed by atoms with Crippen LogP contribution in [0.1, 0.15) is 18.9 Å². The maximum absolute atomic E-state index is 12.4. The van der Waals surface area contributed by atoms with E-state index in [0.717, 1.165) is 0 Å². The van der Waals surface area contributed by atoms with Gasteiger partial charge in [0.05, 0.1) is 11.1 Å². The van der Waals surface area contributed by atoms with Gasteiger partial charge in [0, 0.05) is 5.56 Å². The Morgan fingerprint density at radius 2 is 2.15 bits per heavy atom. The molecule has 0 saturated carbocycles. The fourth-order valence-corrected chi connectivity index (χ4v) is 1.52. The molecule has 0 aromatic heterocycles. The minimum absolute atomic E-state index is 0.0362. The molecule has 0 aliphatic carbocycles. The molecule has 1 rings (SSSR count). The third-order valence-electron chi connectivity index (χ3n) is 1.53. The van der Waals surface area contributed by atoms with Gasteiger partial charge >= 0.3 is 0 Å². The minimum Gasteiger partial charge on any atom is -0.493 e. The Morgan fingerprint density at radius 1 is 1.46 bits per heavy atom. The molecule has 0 radical (unpaired) electrons. The Kier molecular flexibility index (Phi) is 3.66. The number of halogens is 3. The quantitative estimate of drug-likeness (QED) is 0.794. The zero-order valence-corrected chi connectivity index (χ0v) is 8.64. The highest BCUT2D eigenvalue weighted by Crippen LogP contribution is 2.34. The molecule has 0 aliphatic rings. The van der Waals surface area contributed by atoms with E-state index in [2.05, 4.69) is 15.9 Å². The Bertz CT molecular complexity index is 289. The Morgan fingerprint density at radius 3 is 2.69 bits per heavy atom. The molecule has 0 fully saturated rings. The molecule has 1 aromatic rings. The summed E-state index contributed by atoms with van der Waals surface area (Å²) >= 11 is 3.08. The van der Waals surface area contributed by atoms with Crippen molar-refractivity contribution in [3.63, 3.8) is 0 Å². The van der Waals surface area contributed by atoms with Crippen molar-refractivity contribution in [2.24, 2.45) is 0 Å². The van der Waals surface area contributed by atoms with Crippen molar-refractivity contribution < 1.29 is 13.5 Å². The van der Waals surface area contributed by atoms with Crippen LogP contribution in [0.15, 0.2) is 22.7 Å². The highest BCUT2D eigenvalue weighted by atomic mass is 79.9. The largest absolute Gasteiger partial charge is 0.493 e. The molecule has 13 heavy (non-hydrogen) atoms. The molecule has 0 bridgehead atoms. The second-order valence-corrected chi connectivity index (χ2v) is 3.19. The Labute approximate surface area is 83.8 Å². The van der Waals surface area contributed by atoms with Gasteiger partial charge in [0.25, 0.3) is 6.43 Å². The molecule has 0 unspecified atom stereocenters. The molecule has 0 saturated heterocycles. The van der Waals surface area contributed by atoms with Crippen molar-refractivity contribution in [1.29, 1.82) is 0 Å². The van der Waals surface area contributed by atoms with Crippen LogP contribution < -0.4 is 4.74 Å². The summed E-state index contributed by atoms with van der Waals surface area (Å²) in [7, 11) is 0. The van der Waals surface area contributed by atoms with E-state index in [-0.39, 0.29) is 5.56 Å². The first kappa shape index (κ1) is 10.4. The van der Waals surface area contributed by atoms with Gasteiger partial charge in [-0.25, -0.2) is 8.78 Å². The molecule has 0 atom stereocenters. The lowest BCUT2D eigenvalue weighted by Gasteiger charge is -2.09. The number of ether oxygens (including phenoxy) is 1. The predicted molar refractivity (Wildman–Crippen MR) is 50.3 cm³/mol. The van der Waals surface area contributed by atoms with Gasteiger partial charge in [0.15, 0.2) is 0 Å². The van der Waals surface area contributed by atoms with Crippen LogP contribution in [0.2, 0.25) is 0 Å². The van der Waals surface area contributed by atoms with Gasteiger partial charge in [-0.05, 0) is 28.9 Å². The highest BCUT2D eigenvalue weighted by Gasteiger charge is 2.14. The van der Waals surface area contributed by atoms with E-state index in [0.29, 0.717) is 16.8 Å². The number of benzene rings is 1. The summed E-state index contributed by atoms with van der Waals surface area (Å²) in [6.07, 6.45) is -2.48. The molecular formula is C9H9BrF2O. The van der Waals surface area contributed by atoms with Gasteiger partial charge in [-0.15, -0.1) is 0 Å². The summed E-state index contributed by atoms with van der Waals surface area (Å²) in [6, 6.07) is 4.58. The molecule has 1 nitrogen and oxygen atoms in total. The molecular weight excluding hydrogens is 242 g/mol. The molecule has 4 heteroatoms. The average Bonchev–Trinajstić information content (AvgIpc) is 2.08. The second kappa shape index (κ2) is 4.56. The van der Waals surface area contributed by atoms with E-state index >= 15 is 0 Å².